The number of aromatic nitrogens is 3. The zero-order chi connectivity index (χ0) is 18.5. The van der Waals surface area contributed by atoms with Crippen LogP contribution >= 0.6 is 23.1 Å². The number of hydrogen-bond donors (Lipinski definition) is 1. The minimum absolute atomic E-state index is 0.0866. The summed E-state index contributed by atoms with van der Waals surface area (Å²) in [6, 6.07) is 19.4. The molecule has 0 radical (unpaired) electrons. The van der Waals surface area contributed by atoms with Crippen molar-refractivity contribution in [1.82, 2.24) is 15.2 Å². The van der Waals surface area contributed by atoms with Crippen molar-refractivity contribution >= 4 is 35.0 Å². The van der Waals surface area contributed by atoms with Crippen molar-refractivity contribution in [1.29, 1.82) is 0 Å². The zero-order valence-corrected chi connectivity index (χ0v) is 15.7. The molecule has 0 atom stereocenters. The van der Waals surface area contributed by atoms with Crippen LogP contribution in [0.3, 0.4) is 0 Å². The van der Waals surface area contributed by atoms with Gasteiger partial charge in [-0.1, -0.05) is 65.4 Å². The molecule has 4 aromatic rings. The van der Waals surface area contributed by atoms with Gasteiger partial charge in [0.15, 0.2) is 4.34 Å². The number of carbonyl (C=O) groups is 1. The van der Waals surface area contributed by atoms with Crippen molar-refractivity contribution in [3.8, 4) is 22.7 Å². The van der Waals surface area contributed by atoms with Gasteiger partial charge in [0.1, 0.15) is 0 Å². The molecule has 2 aromatic carbocycles. The van der Waals surface area contributed by atoms with E-state index in [1.54, 1.807) is 0 Å². The second-order valence-electron chi connectivity index (χ2n) is 5.48. The van der Waals surface area contributed by atoms with Gasteiger partial charge in [0.05, 0.1) is 11.4 Å². The van der Waals surface area contributed by atoms with Gasteiger partial charge in [-0.05, 0) is 12.1 Å². The molecule has 2 aromatic heterocycles. The SMILES string of the molecule is O=C(CSc1nc(-c2ccccc2)cs1)Nc1nnc(-c2ccccc2)o1. The molecule has 6 nitrogen and oxygen atoms in total. The Bertz CT molecular complexity index is 1030. The van der Waals surface area contributed by atoms with E-state index in [4.69, 9.17) is 4.42 Å². The van der Waals surface area contributed by atoms with Crippen molar-refractivity contribution in [2.75, 3.05) is 11.1 Å². The number of anilines is 1. The summed E-state index contributed by atoms with van der Waals surface area (Å²) in [6.45, 7) is 0. The lowest BCUT2D eigenvalue weighted by Gasteiger charge is -1.99. The Balaban J connectivity index is 1.33. The molecule has 134 valence electrons. The van der Waals surface area contributed by atoms with Crippen LogP contribution < -0.4 is 5.32 Å². The van der Waals surface area contributed by atoms with Crippen LogP contribution in [-0.2, 0) is 4.79 Å². The van der Waals surface area contributed by atoms with Crippen LogP contribution in [0.5, 0.6) is 0 Å². The average Bonchev–Trinajstić information content (AvgIpc) is 3.37. The normalized spacial score (nSPS) is 10.7. The summed E-state index contributed by atoms with van der Waals surface area (Å²) in [7, 11) is 0. The molecule has 0 spiro atoms. The van der Waals surface area contributed by atoms with Gasteiger partial charge in [-0.15, -0.1) is 16.4 Å². The molecule has 0 saturated heterocycles. The third-order valence-electron chi connectivity index (χ3n) is 3.57. The first kappa shape index (κ1) is 17.4. The lowest BCUT2D eigenvalue weighted by molar-refractivity contribution is -0.113. The van der Waals surface area contributed by atoms with Crippen LogP contribution in [0.1, 0.15) is 0 Å². The molecule has 0 fully saturated rings. The maximum Gasteiger partial charge on any atom is 0.322 e. The number of nitrogens with one attached hydrogen (secondary N) is 1. The third-order valence-corrected chi connectivity index (χ3v) is 5.59. The maximum absolute atomic E-state index is 12.1. The molecule has 0 aliphatic carbocycles. The highest BCUT2D eigenvalue weighted by Crippen LogP contribution is 2.28. The van der Waals surface area contributed by atoms with Crippen LogP contribution in [0.15, 0.2) is 74.8 Å². The minimum atomic E-state index is -0.222. The fraction of sp³-hybridized carbons (Fsp3) is 0.0526. The molecular formula is C19H14N4O2S2. The van der Waals surface area contributed by atoms with E-state index in [9.17, 15) is 4.79 Å². The number of thioether (sulfide) groups is 1. The van der Waals surface area contributed by atoms with Crippen molar-refractivity contribution in [2.24, 2.45) is 0 Å². The van der Waals surface area contributed by atoms with Gasteiger partial charge < -0.3 is 4.42 Å². The largest absolute Gasteiger partial charge is 0.403 e. The highest BCUT2D eigenvalue weighted by Gasteiger charge is 2.12. The molecule has 1 N–H and O–H groups in total. The molecule has 0 aliphatic heterocycles. The number of amides is 1. The number of rotatable bonds is 6. The Hall–Kier alpha value is -2.97. The summed E-state index contributed by atoms with van der Waals surface area (Å²) in [5, 5.41) is 12.4. The van der Waals surface area contributed by atoms with E-state index >= 15 is 0 Å². The first-order chi connectivity index (χ1) is 13.3. The molecule has 27 heavy (non-hydrogen) atoms. The second-order valence-corrected chi connectivity index (χ2v) is 7.56. The Morgan fingerprint density at radius 1 is 1.00 bits per heavy atom. The smallest absolute Gasteiger partial charge is 0.322 e. The first-order valence-corrected chi connectivity index (χ1v) is 9.97. The molecule has 0 bridgehead atoms. The van der Waals surface area contributed by atoms with E-state index in [2.05, 4.69) is 20.5 Å². The maximum atomic E-state index is 12.1. The van der Waals surface area contributed by atoms with Crippen LogP contribution in [0.25, 0.3) is 22.7 Å². The average molecular weight is 394 g/mol. The Labute approximate surface area is 163 Å². The highest BCUT2D eigenvalue weighted by atomic mass is 32.2. The van der Waals surface area contributed by atoms with E-state index < -0.39 is 0 Å². The Kier molecular flexibility index (Phi) is 5.27. The lowest BCUT2D eigenvalue weighted by Crippen LogP contribution is -2.14. The van der Waals surface area contributed by atoms with Crippen LogP contribution in [-0.4, -0.2) is 26.8 Å². The van der Waals surface area contributed by atoms with Gasteiger partial charge in [0.25, 0.3) is 0 Å². The number of hydrogen-bond acceptors (Lipinski definition) is 7. The predicted octanol–water partition coefficient (Wildman–Crippen LogP) is 4.59. The molecule has 2 heterocycles. The van der Waals surface area contributed by atoms with E-state index in [0.717, 1.165) is 21.2 Å². The molecule has 0 unspecified atom stereocenters. The Morgan fingerprint density at radius 2 is 1.70 bits per heavy atom. The van der Waals surface area contributed by atoms with Crippen LogP contribution in [0, 0.1) is 0 Å². The van der Waals surface area contributed by atoms with Crippen molar-refractivity contribution in [3.63, 3.8) is 0 Å². The number of nitrogens with zero attached hydrogens (tertiary/aromatic N) is 3. The predicted molar refractivity (Wildman–Crippen MR) is 107 cm³/mol. The van der Waals surface area contributed by atoms with Gasteiger partial charge in [-0.3, -0.25) is 10.1 Å². The molecule has 0 aliphatic rings. The molecule has 0 saturated carbocycles. The molecule has 1 amide bonds. The fourth-order valence-corrected chi connectivity index (χ4v) is 3.95. The van der Waals surface area contributed by atoms with Gasteiger partial charge in [-0.25, -0.2) is 4.98 Å². The number of thiazole rings is 1. The summed E-state index contributed by atoms with van der Waals surface area (Å²) >= 11 is 2.89. The Morgan fingerprint density at radius 3 is 2.44 bits per heavy atom. The molecular weight excluding hydrogens is 380 g/mol. The van der Waals surface area contributed by atoms with E-state index in [1.165, 1.54) is 23.1 Å². The van der Waals surface area contributed by atoms with Gasteiger partial charge in [0.2, 0.25) is 11.8 Å². The fourth-order valence-electron chi connectivity index (χ4n) is 2.32. The van der Waals surface area contributed by atoms with Crippen LogP contribution in [0.2, 0.25) is 0 Å². The monoisotopic (exact) mass is 394 g/mol. The lowest BCUT2D eigenvalue weighted by atomic mass is 10.2. The van der Waals surface area contributed by atoms with E-state index in [1.807, 2.05) is 66.0 Å². The van der Waals surface area contributed by atoms with Gasteiger partial charge >= 0.3 is 6.01 Å². The van der Waals surface area contributed by atoms with Gasteiger partial charge in [-0.2, -0.15) is 0 Å². The van der Waals surface area contributed by atoms with E-state index in [0.29, 0.717) is 5.89 Å². The van der Waals surface area contributed by atoms with Crippen molar-refractivity contribution in [3.05, 3.63) is 66.0 Å². The number of carbonyl (C=O) groups excluding carboxylic acids is 1. The van der Waals surface area contributed by atoms with Crippen molar-refractivity contribution < 1.29 is 9.21 Å². The topological polar surface area (TPSA) is 80.9 Å². The minimum Gasteiger partial charge on any atom is -0.403 e. The molecule has 4 rings (SSSR count). The number of benzene rings is 2. The standard InChI is InChI=1S/C19H14N4O2S2/c24-16(21-18-23-22-17(25-18)14-9-5-2-6-10-14)12-27-19-20-15(11-26-19)13-7-3-1-4-8-13/h1-11H,12H2,(H,21,23,24). The third kappa shape index (κ3) is 4.42. The first-order valence-electron chi connectivity index (χ1n) is 8.10. The van der Waals surface area contributed by atoms with Crippen molar-refractivity contribution in [2.45, 2.75) is 4.34 Å². The molecule has 8 heteroatoms. The highest BCUT2D eigenvalue weighted by molar-refractivity contribution is 8.01. The quantitative estimate of drug-likeness (QED) is 0.482. The van der Waals surface area contributed by atoms with E-state index in [-0.39, 0.29) is 17.7 Å². The summed E-state index contributed by atoms with van der Waals surface area (Å²) in [6.07, 6.45) is 0. The van der Waals surface area contributed by atoms with Crippen LogP contribution in [0.4, 0.5) is 6.01 Å². The summed E-state index contributed by atoms with van der Waals surface area (Å²) in [4.78, 5) is 16.7. The summed E-state index contributed by atoms with van der Waals surface area (Å²) in [5.74, 6) is 0.357. The zero-order valence-electron chi connectivity index (χ0n) is 14.0. The summed E-state index contributed by atoms with van der Waals surface area (Å²) in [5.41, 5.74) is 2.77. The second kappa shape index (κ2) is 8.15. The summed E-state index contributed by atoms with van der Waals surface area (Å²) < 4.78 is 6.31. The van der Waals surface area contributed by atoms with Gasteiger partial charge in [0, 0.05) is 16.5 Å².